The number of fused-ring (bicyclic) bond motifs is 3. The Labute approximate surface area is 297 Å². The molecule has 52 heavy (non-hydrogen) atoms. The van der Waals surface area contributed by atoms with Crippen LogP contribution in [0.25, 0.3) is 17.2 Å². The maximum atomic E-state index is 14.3. The third kappa shape index (κ3) is 6.24. The summed E-state index contributed by atoms with van der Waals surface area (Å²) < 4.78 is 48.5. The molecule has 3 N–H and O–H groups in total. The number of hydrogen-bond donors (Lipinski definition) is 3. The van der Waals surface area contributed by atoms with Crippen molar-refractivity contribution in [3.63, 3.8) is 0 Å². The first-order valence-corrected chi connectivity index (χ1v) is 16.4. The molecule has 0 unspecified atom stereocenters. The molecule has 0 aliphatic carbocycles. The summed E-state index contributed by atoms with van der Waals surface area (Å²) in [4.78, 5) is 55.4. The zero-order chi connectivity index (χ0) is 37.2. The van der Waals surface area contributed by atoms with Gasteiger partial charge < -0.3 is 29.7 Å². The van der Waals surface area contributed by atoms with Gasteiger partial charge in [0.25, 0.3) is 11.5 Å². The van der Waals surface area contributed by atoms with Crippen molar-refractivity contribution in [2.75, 3.05) is 18.4 Å². The molecular weight excluding hydrogens is 709 g/mol. The molecule has 5 aromatic rings. The van der Waals surface area contributed by atoms with E-state index in [0.717, 1.165) is 16.6 Å². The van der Waals surface area contributed by atoms with Gasteiger partial charge in [-0.1, -0.05) is 11.6 Å². The number of piperidine rings is 1. The van der Waals surface area contributed by atoms with E-state index in [-0.39, 0.29) is 71.9 Å². The van der Waals surface area contributed by atoms with Crippen molar-refractivity contribution >= 4 is 34.9 Å². The first kappa shape index (κ1) is 35.0. The molecule has 0 radical (unpaired) electrons. The average molecular weight is 739 g/mol. The fraction of sp³-hybridized carbons (Fsp3) is 0.324. The van der Waals surface area contributed by atoms with E-state index in [1.54, 1.807) is 26.0 Å². The molecular formula is C34H30ClF3N8O6. The minimum Gasteiger partial charge on any atom is -0.505 e. The summed E-state index contributed by atoms with van der Waals surface area (Å²) in [5.41, 5.74) is -2.71. The molecule has 0 saturated carbocycles. The second kappa shape index (κ2) is 12.7. The van der Waals surface area contributed by atoms with E-state index in [9.17, 15) is 37.8 Å². The van der Waals surface area contributed by atoms with Crippen molar-refractivity contribution in [2.24, 2.45) is 0 Å². The van der Waals surface area contributed by atoms with Crippen LogP contribution in [-0.4, -0.2) is 69.1 Å². The summed E-state index contributed by atoms with van der Waals surface area (Å²) >= 11 is 6.10. The Morgan fingerprint density at radius 1 is 1.10 bits per heavy atom. The highest BCUT2D eigenvalue weighted by molar-refractivity contribution is 6.33. The number of alkyl halides is 3. The number of anilines is 1. The molecule has 2 aliphatic heterocycles. The summed E-state index contributed by atoms with van der Waals surface area (Å²) in [6, 6.07) is 8.64. The predicted molar refractivity (Wildman–Crippen MR) is 178 cm³/mol. The number of halogens is 4. The molecule has 18 heteroatoms. The van der Waals surface area contributed by atoms with Crippen LogP contribution in [0.1, 0.15) is 59.7 Å². The lowest BCUT2D eigenvalue weighted by Gasteiger charge is -2.38. The number of amides is 2. The van der Waals surface area contributed by atoms with Gasteiger partial charge in [-0.15, -0.1) is 5.10 Å². The van der Waals surface area contributed by atoms with Crippen LogP contribution in [0.5, 0.6) is 5.75 Å². The number of rotatable bonds is 6. The van der Waals surface area contributed by atoms with Crippen LogP contribution >= 0.6 is 11.6 Å². The molecule has 2 amide bonds. The fourth-order valence-electron chi connectivity index (χ4n) is 6.47. The Hall–Kier alpha value is -5.39. The van der Waals surface area contributed by atoms with E-state index in [1.165, 1.54) is 34.0 Å². The summed E-state index contributed by atoms with van der Waals surface area (Å²) in [7, 11) is 0. The Balaban J connectivity index is 1.26. The highest BCUT2D eigenvalue weighted by atomic mass is 35.5. The molecule has 6 heterocycles. The largest absolute Gasteiger partial charge is 0.505 e. The van der Waals surface area contributed by atoms with E-state index in [2.05, 4.69) is 25.4 Å². The van der Waals surface area contributed by atoms with E-state index >= 15 is 0 Å². The van der Waals surface area contributed by atoms with Crippen molar-refractivity contribution in [1.82, 2.24) is 34.0 Å². The number of aliphatic hydroxyl groups is 1. The number of carbonyl (C=O) groups excluding carboxylic acids is 2. The van der Waals surface area contributed by atoms with Crippen LogP contribution in [0.4, 0.5) is 18.9 Å². The van der Waals surface area contributed by atoms with Gasteiger partial charge in [-0.3, -0.25) is 19.4 Å². The molecule has 270 valence electrons. The minimum atomic E-state index is -4.64. The second-order valence-electron chi connectivity index (χ2n) is 13.0. The lowest BCUT2D eigenvalue weighted by atomic mass is 9.85. The molecule has 1 fully saturated rings. The molecule has 0 atom stereocenters. The van der Waals surface area contributed by atoms with Crippen molar-refractivity contribution in [3.05, 3.63) is 98.4 Å². The number of hydrogen-bond acceptors (Lipinski definition) is 10. The molecule has 0 bridgehead atoms. The topological polar surface area (TPSA) is 177 Å². The van der Waals surface area contributed by atoms with Gasteiger partial charge in [0.05, 0.1) is 39.8 Å². The number of ether oxygens (including phenoxy) is 1. The van der Waals surface area contributed by atoms with Crippen LogP contribution in [0, 0.1) is 0 Å². The van der Waals surface area contributed by atoms with Gasteiger partial charge in [0.15, 0.2) is 11.5 Å². The van der Waals surface area contributed by atoms with Crippen molar-refractivity contribution in [3.8, 4) is 17.1 Å². The van der Waals surface area contributed by atoms with Crippen molar-refractivity contribution in [2.45, 2.75) is 57.2 Å². The molecule has 14 nitrogen and oxygen atoms in total. The summed E-state index contributed by atoms with van der Waals surface area (Å²) in [5, 5.41) is 27.2. The maximum Gasteiger partial charge on any atom is 0.416 e. The first-order valence-electron chi connectivity index (χ1n) is 16.0. The average Bonchev–Trinajstić information content (AvgIpc) is 3.70. The summed E-state index contributed by atoms with van der Waals surface area (Å²) in [6.45, 7) is 2.90. The quantitative estimate of drug-likeness (QED) is 0.228. The number of carbonyl (C=O) groups is 2. The molecule has 1 spiro atoms. The zero-order valence-electron chi connectivity index (χ0n) is 27.6. The lowest BCUT2D eigenvalue weighted by molar-refractivity contribution is -0.137. The Morgan fingerprint density at radius 3 is 2.48 bits per heavy atom. The van der Waals surface area contributed by atoms with E-state index < -0.39 is 46.9 Å². The highest BCUT2D eigenvalue weighted by Gasteiger charge is 2.48. The minimum absolute atomic E-state index is 0.0159. The third-order valence-corrected chi connectivity index (χ3v) is 9.47. The fourth-order valence-corrected chi connectivity index (χ4v) is 6.69. The monoisotopic (exact) mass is 738 g/mol. The Bertz CT molecular complexity index is 2290. The number of nitrogens with one attached hydrogen (secondary N) is 1. The first-order chi connectivity index (χ1) is 24.6. The van der Waals surface area contributed by atoms with Crippen LogP contribution in [0.15, 0.2) is 59.7 Å². The van der Waals surface area contributed by atoms with Gasteiger partial charge in [0, 0.05) is 31.0 Å². The summed E-state index contributed by atoms with van der Waals surface area (Å²) in [5.74, 6) is -1.35. The number of pyridine rings is 2. The van der Waals surface area contributed by atoms with Gasteiger partial charge in [0.1, 0.15) is 23.5 Å². The number of likely N-dealkylation sites (tertiary alicyclic amines) is 1. The Kier molecular flexibility index (Phi) is 8.54. The van der Waals surface area contributed by atoms with Gasteiger partial charge in [-0.25, -0.2) is 4.98 Å². The van der Waals surface area contributed by atoms with Crippen LogP contribution in [-0.2, 0) is 40.1 Å². The third-order valence-electron chi connectivity index (χ3n) is 9.16. The Morgan fingerprint density at radius 2 is 1.85 bits per heavy atom. The second-order valence-corrected chi connectivity index (χ2v) is 13.4. The zero-order valence-corrected chi connectivity index (χ0v) is 28.4. The normalized spacial score (nSPS) is 15.6. The number of aromatic hydroxyl groups is 1. The van der Waals surface area contributed by atoms with Gasteiger partial charge in [-0.2, -0.15) is 22.7 Å². The SMILES string of the molecule is CC(C)(O)c1ccc(-c2nc3n(CC(=O)Nc4ccc(C(F)(F)F)cc4Cl)c4c(c(=O)n3n2)C2(CCN(C(=O)c3ncccc3O)CC2)OC4)cn1. The molecule has 7 rings (SSSR count). The van der Waals surface area contributed by atoms with E-state index in [1.807, 2.05) is 0 Å². The van der Waals surface area contributed by atoms with Crippen LogP contribution in [0.2, 0.25) is 5.02 Å². The highest BCUT2D eigenvalue weighted by Crippen LogP contribution is 2.43. The smallest absolute Gasteiger partial charge is 0.416 e. The number of benzene rings is 1. The van der Waals surface area contributed by atoms with Crippen LogP contribution in [0.3, 0.4) is 0 Å². The predicted octanol–water partition coefficient (Wildman–Crippen LogP) is 4.25. The molecule has 4 aromatic heterocycles. The number of nitrogens with zero attached hydrogens (tertiary/aromatic N) is 7. The van der Waals surface area contributed by atoms with Crippen molar-refractivity contribution in [1.29, 1.82) is 0 Å². The van der Waals surface area contributed by atoms with Gasteiger partial charge >= 0.3 is 6.18 Å². The standard InChI is InChI=1S/C34H30ClF3N8O6/c1-32(2,51)24-8-5-18(15-40-24)28-42-31-45(16-25(48)41-21-7-6-19(14-20(21)35)34(36,37)38)22-17-52-33(26(22)29(49)46(31)43-28)9-12-44(13-10-33)30(50)27-23(47)4-3-11-39-27/h3-8,11,14-15,47,51H,9-10,12-13,16-17H2,1-2H3,(H,41,48). The number of aromatic nitrogens is 6. The molecule has 1 saturated heterocycles. The maximum absolute atomic E-state index is 14.3. The molecule has 1 aromatic carbocycles. The van der Waals surface area contributed by atoms with E-state index in [4.69, 9.17) is 16.3 Å². The summed E-state index contributed by atoms with van der Waals surface area (Å²) in [6.07, 6.45) is -1.41. The van der Waals surface area contributed by atoms with Crippen LogP contribution < -0.4 is 10.9 Å². The van der Waals surface area contributed by atoms with Gasteiger partial charge in [-0.05, 0) is 69.2 Å². The van der Waals surface area contributed by atoms with Crippen molar-refractivity contribution < 1.29 is 37.7 Å². The van der Waals surface area contributed by atoms with E-state index in [0.29, 0.717) is 23.0 Å². The van der Waals surface area contributed by atoms with Gasteiger partial charge in [0.2, 0.25) is 11.7 Å². The lowest BCUT2D eigenvalue weighted by Crippen LogP contribution is -2.47. The molecule has 2 aliphatic rings.